The molecule has 0 spiro atoms. The number of nitriles is 1. The van der Waals surface area contributed by atoms with Crippen molar-refractivity contribution in [1.82, 2.24) is 4.98 Å². The second-order valence-electron chi connectivity index (χ2n) is 8.01. The van der Waals surface area contributed by atoms with Gasteiger partial charge in [-0.3, -0.25) is 4.79 Å². The molecule has 0 saturated heterocycles. The third-order valence-electron chi connectivity index (χ3n) is 5.97. The Morgan fingerprint density at radius 3 is 2.76 bits per heavy atom. The predicted molar refractivity (Wildman–Crippen MR) is 110 cm³/mol. The zero-order valence-corrected chi connectivity index (χ0v) is 16.5. The molecular weight excluding hydrogens is 366 g/mol. The van der Waals surface area contributed by atoms with E-state index in [2.05, 4.69) is 28.2 Å². The van der Waals surface area contributed by atoms with E-state index in [1.807, 2.05) is 12.1 Å². The van der Waals surface area contributed by atoms with Crippen molar-refractivity contribution in [3.8, 4) is 6.07 Å². The van der Waals surface area contributed by atoms with Crippen LogP contribution in [0.2, 0.25) is 0 Å². The Kier molecular flexibility index (Phi) is 4.89. The highest BCUT2D eigenvalue weighted by Gasteiger charge is 2.47. The second kappa shape index (κ2) is 7.37. The van der Waals surface area contributed by atoms with Gasteiger partial charge in [0.2, 0.25) is 0 Å². The molecule has 2 aromatic rings. The van der Waals surface area contributed by atoms with Crippen LogP contribution in [-0.2, 0) is 0 Å². The SMILES string of the molecule is CC(O)N1c2ccc(C#N)cc2[C@H](Nc2cccc(C(N)=O)n2)[C@@H](C)[C@@H]1C1CC1. The average molecular weight is 391 g/mol. The molecular formula is C22H25N5O2. The van der Waals surface area contributed by atoms with E-state index in [-0.39, 0.29) is 23.7 Å². The van der Waals surface area contributed by atoms with Crippen molar-refractivity contribution in [1.29, 1.82) is 5.26 Å². The molecule has 150 valence electrons. The molecule has 4 atom stereocenters. The summed E-state index contributed by atoms with van der Waals surface area (Å²) in [5.41, 5.74) is 8.02. The van der Waals surface area contributed by atoms with Gasteiger partial charge in [0.15, 0.2) is 0 Å². The lowest BCUT2D eigenvalue weighted by Gasteiger charge is -2.48. The number of hydrogen-bond acceptors (Lipinski definition) is 6. The molecule has 2 heterocycles. The minimum Gasteiger partial charge on any atom is -0.374 e. The quantitative estimate of drug-likeness (QED) is 0.722. The number of amides is 1. The average Bonchev–Trinajstić information content (AvgIpc) is 3.54. The van der Waals surface area contributed by atoms with E-state index >= 15 is 0 Å². The minimum atomic E-state index is -0.632. The summed E-state index contributed by atoms with van der Waals surface area (Å²) in [4.78, 5) is 18.0. The van der Waals surface area contributed by atoms with E-state index in [0.29, 0.717) is 17.3 Å². The molecule has 7 nitrogen and oxygen atoms in total. The van der Waals surface area contributed by atoms with Crippen LogP contribution in [0.3, 0.4) is 0 Å². The van der Waals surface area contributed by atoms with E-state index in [1.54, 1.807) is 31.2 Å². The molecule has 7 heteroatoms. The fourth-order valence-electron chi connectivity index (χ4n) is 4.57. The van der Waals surface area contributed by atoms with Crippen LogP contribution < -0.4 is 16.0 Å². The number of aliphatic hydroxyl groups excluding tert-OH is 1. The highest BCUT2D eigenvalue weighted by atomic mass is 16.3. The van der Waals surface area contributed by atoms with Crippen molar-refractivity contribution in [2.24, 2.45) is 17.6 Å². The van der Waals surface area contributed by atoms with Crippen LogP contribution in [0, 0.1) is 23.2 Å². The number of aliphatic hydroxyl groups is 1. The van der Waals surface area contributed by atoms with Gasteiger partial charge < -0.3 is 21.1 Å². The number of primary amides is 1. The van der Waals surface area contributed by atoms with Crippen molar-refractivity contribution >= 4 is 17.4 Å². The Bertz CT molecular complexity index is 979. The highest BCUT2D eigenvalue weighted by Crippen LogP contribution is 2.50. The first-order chi connectivity index (χ1) is 13.9. The van der Waals surface area contributed by atoms with Crippen molar-refractivity contribution in [3.05, 3.63) is 53.2 Å². The number of carbonyl (C=O) groups is 1. The zero-order chi connectivity index (χ0) is 20.7. The van der Waals surface area contributed by atoms with Crippen LogP contribution in [-0.4, -0.2) is 28.3 Å². The van der Waals surface area contributed by atoms with E-state index in [4.69, 9.17) is 5.73 Å². The van der Waals surface area contributed by atoms with Crippen LogP contribution in [0.25, 0.3) is 0 Å². The van der Waals surface area contributed by atoms with Gasteiger partial charge in [0, 0.05) is 17.6 Å². The Morgan fingerprint density at radius 2 is 2.14 bits per heavy atom. The number of nitrogens with one attached hydrogen (secondary N) is 1. The number of benzene rings is 1. The molecule has 4 rings (SSSR count). The molecule has 1 amide bonds. The van der Waals surface area contributed by atoms with E-state index in [0.717, 1.165) is 24.1 Å². The fraction of sp³-hybridized carbons (Fsp3) is 0.409. The molecule has 1 aromatic carbocycles. The number of pyridine rings is 1. The van der Waals surface area contributed by atoms with Gasteiger partial charge in [0.1, 0.15) is 17.7 Å². The summed E-state index contributed by atoms with van der Waals surface area (Å²) in [6, 6.07) is 13.0. The Morgan fingerprint density at radius 1 is 1.38 bits per heavy atom. The van der Waals surface area contributed by atoms with E-state index in [9.17, 15) is 15.2 Å². The molecule has 1 saturated carbocycles. The van der Waals surface area contributed by atoms with Crippen molar-refractivity contribution in [2.45, 2.75) is 45.0 Å². The summed E-state index contributed by atoms with van der Waals surface area (Å²) < 4.78 is 0. The molecule has 1 aliphatic carbocycles. The van der Waals surface area contributed by atoms with Crippen LogP contribution in [0.15, 0.2) is 36.4 Å². The Balaban J connectivity index is 1.79. The number of fused-ring (bicyclic) bond motifs is 1. The smallest absolute Gasteiger partial charge is 0.267 e. The molecule has 0 radical (unpaired) electrons. The highest BCUT2D eigenvalue weighted by molar-refractivity contribution is 5.91. The summed E-state index contributed by atoms with van der Waals surface area (Å²) in [5, 5.41) is 23.4. The molecule has 1 aliphatic heterocycles. The minimum absolute atomic E-state index is 0.116. The third-order valence-corrected chi connectivity index (χ3v) is 5.97. The molecule has 1 aromatic heterocycles. The standard InChI is InChI=1S/C22H25N5O2/c1-12-20(26-19-5-3-4-17(25-19)22(24)29)16-10-14(11-23)6-9-18(16)27(13(2)28)21(12)15-7-8-15/h3-6,9-10,12-13,15,20-21,28H,7-8H2,1-2H3,(H2,24,29)(H,25,26)/t12-,13?,20-,21-/m1/s1. The predicted octanol–water partition coefficient (Wildman–Crippen LogP) is 2.78. The lowest BCUT2D eigenvalue weighted by Crippen LogP contribution is -2.52. The summed E-state index contributed by atoms with van der Waals surface area (Å²) in [5.74, 6) is 0.662. The summed E-state index contributed by atoms with van der Waals surface area (Å²) in [6.07, 6.45) is 1.66. The number of rotatable bonds is 5. The molecule has 1 fully saturated rings. The third kappa shape index (κ3) is 3.52. The van der Waals surface area contributed by atoms with Crippen LogP contribution in [0.4, 0.5) is 11.5 Å². The summed E-state index contributed by atoms with van der Waals surface area (Å²) in [7, 11) is 0. The van der Waals surface area contributed by atoms with Gasteiger partial charge in [-0.2, -0.15) is 5.26 Å². The van der Waals surface area contributed by atoms with Crippen LogP contribution in [0.5, 0.6) is 0 Å². The molecule has 0 bridgehead atoms. The van der Waals surface area contributed by atoms with Crippen molar-refractivity contribution in [3.63, 3.8) is 0 Å². The number of hydrogen-bond donors (Lipinski definition) is 3. The molecule has 29 heavy (non-hydrogen) atoms. The maximum atomic E-state index is 11.5. The summed E-state index contributed by atoms with van der Waals surface area (Å²) in [6.45, 7) is 3.95. The van der Waals surface area contributed by atoms with Crippen molar-refractivity contribution < 1.29 is 9.90 Å². The number of nitrogens with zero attached hydrogens (tertiary/aromatic N) is 3. The maximum Gasteiger partial charge on any atom is 0.267 e. The number of aromatic nitrogens is 1. The van der Waals surface area contributed by atoms with Crippen molar-refractivity contribution in [2.75, 3.05) is 10.2 Å². The van der Waals surface area contributed by atoms with Gasteiger partial charge in [-0.25, -0.2) is 4.98 Å². The topological polar surface area (TPSA) is 115 Å². The molecule has 4 N–H and O–H groups in total. The Hall–Kier alpha value is -3.11. The van der Waals surface area contributed by atoms with Gasteiger partial charge >= 0.3 is 0 Å². The summed E-state index contributed by atoms with van der Waals surface area (Å²) >= 11 is 0. The first-order valence-electron chi connectivity index (χ1n) is 9.94. The van der Waals surface area contributed by atoms with Gasteiger partial charge in [0.05, 0.1) is 17.7 Å². The largest absolute Gasteiger partial charge is 0.374 e. The van der Waals surface area contributed by atoms with E-state index in [1.165, 1.54) is 0 Å². The van der Waals surface area contributed by atoms with E-state index < -0.39 is 12.1 Å². The number of anilines is 2. The molecule has 1 unspecified atom stereocenters. The molecule has 2 aliphatic rings. The first-order valence-corrected chi connectivity index (χ1v) is 9.94. The number of nitrogens with two attached hydrogens (primary N) is 1. The van der Waals surface area contributed by atoms with Crippen LogP contribution in [0.1, 0.15) is 54.3 Å². The Labute approximate surface area is 170 Å². The van der Waals surface area contributed by atoms with Crippen LogP contribution >= 0.6 is 0 Å². The van der Waals surface area contributed by atoms with Gasteiger partial charge in [-0.15, -0.1) is 0 Å². The lowest BCUT2D eigenvalue weighted by atomic mass is 9.79. The lowest BCUT2D eigenvalue weighted by molar-refractivity contribution is 0.0995. The number of carbonyl (C=O) groups excluding carboxylic acids is 1. The monoisotopic (exact) mass is 391 g/mol. The second-order valence-corrected chi connectivity index (χ2v) is 8.01. The van der Waals surface area contributed by atoms with Gasteiger partial charge in [-0.05, 0) is 61.6 Å². The normalized spacial score (nSPS) is 24.3. The van der Waals surface area contributed by atoms with Gasteiger partial charge in [-0.1, -0.05) is 13.0 Å². The first kappa shape index (κ1) is 19.2. The fourth-order valence-corrected chi connectivity index (χ4v) is 4.57. The maximum absolute atomic E-state index is 11.5. The zero-order valence-electron chi connectivity index (χ0n) is 16.5. The van der Waals surface area contributed by atoms with Gasteiger partial charge in [0.25, 0.3) is 5.91 Å².